The van der Waals surface area contributed by atoms with Crippen LogP contribution in [-0.4, -0.2) is 40.3 Å². The number of Topliss-reactive ketones (excluding diaryl/α,β-unsaturated/α-hetero) is 1. The lowest BCUT2D eigenvalue weighted by Gasteiger charge is -2.24. The molecule has 130 valence electrons. The number of carboxylic acids is 2. The fourth-order valence-electron chi connectivity index (χ4n) is 2.58. The Morgan fingerprint density at radius 1 is 1.33 bits per heavy atom. The van der Waals surface area contributed by atoms with E-state index in [2.05, 4.69) is 5.32 Å². The molecule has 0 bridgehead atoms. The van der Waals surface area contributed by atoms with E-state index in [1.807, 2.05) is 0 Å². The van der Waals surface area contributed by atoms with Gasteiger partial charge in [-0.1, -0.05) is 6.07 Å². The molecule has 0 radical (unpaired) electrons. The molecule has 0 saturated carbocycles. The van der Waals surface area contributed by atoms with Crippen LogP contribution < -0.4 is 20.7 Å². The molecule has 3 atom stereocenters. The van der Waals surface area contributed by atoms with E-state index in [1.54, 1.807) is 30.6 Å². The van der Waals surface area contributed by atoms with E-state index in [0.717, 1.165) is 6.92 Å². The number of ketones is 1. The van der Waals surface area contributed by atoms with Crippen LogP contribution in [0.1, 0.15) is 26.3 Å². The van der Waals surface area contributed by atoms with Crippen molar-refractivity contribution in [3.8, 4) is 0 Å². The van der Waals surface area contributed by atoms with Gasteiger partial charge in [-0.25, -0.2) is 4.79 Å². The van der Waals surface area contributed by atoms with E-state index in [-0.39, 0.29) is 12.2 Å². The van der Waals surface area contributed by atoms with Crippen LogP contribution in [0.5, 0.6) is 0 Å². The van der Waals surface area contributed by atoms with E-state index in [1.165, 1.54) is 11.5 Å². The van der Waals surface area contributed by atoms with Gasteiger partial charge in [-0.2, -0.15) is 4.57 Å². The van der Waals surface area contributed by atoms with Gasteiger partial charge in [0.1, 0.15) is 6.04 Å². The van der Waals surface area contributed by atoms with Gasteiger partial charge in [0.25, 0.3) is 0 Å². The summed E-state index contributed by atoms with van der Waals surface area (Å²) < 4.78 is 1.53. The summed E-state index contributed by atoms with van der Waals surface area (Å²) >= 11 is 0. The summed E-state index contributed by atoms with van der Waals surface area (Å²) in [5.74, 6) is -3.17. The highest BCUT2D eigenvalue weighted by atomic mass is 16.4. The summed E-state index contributed by atoms with van der Waals surface area (Å²) in [6.07, 6.45) is 3.12. The van der Waals surface area contributed by atoms with Crippen LogP contribution in [0.3, 0.4) is 0 Å². The number of carboxylic acid groups (broad SMARTS) is 2. The highest BCUT2D eigenvalue weighted by molar-refractivity contribution is 5.98. The highest BCUT2D eigenvalue weighted by Crippen LogP contribution is 2.27. The van der Waals surface area contributed by atoms with E-state index < -0.39 is 35.5 Å². The van der Waals surface area contributed by atoms with Gasteiger partial charge in [-0.15, -0.1) is 0 Å². The Morgan fingerprint density at radius 2 is 1.83 bits per heavy atom. The van der Waals surface area contributed by atoms with Crippen LogP contribution in [0.15, 0.2) is 30.6 Å². The Balaban J connectivity index is 0.000000648. The number of aliphatic carboxylic acids is 2. The zero-order valence-electron chi connectivity index (χ0n) is 13.3. The monoisotopic (exact) mass is 337 g/mol. The Bertz CT molecular complexity index is 644. The summed E-state index contributed by atoms with van der Waals surface area (Å²) in [5, 5.41) is 20.2. The molecule has 0 aliphatic carbocycles. The molecular weight excluding hydrogens is 318 g/mol. The van der Waals surface area contributed by atoms with Gasteiger partial charge in [-0.05, 0) is 6.92 Å². The van der Waals surface area contributed by atoms with Gasteiger partial charge in [0.15, 0.2) is 23.7 Å². The highest BCUT2D eigenvalue weighted by Gasteiger charge is 2.57. The second-order valence-corrected chi connectivity index (χ2v) is 5.44. The summed E-state index contributed by atoms with van der Waals surface area (Å²) in [5.41, 5.74) is 4.52. The number of carbonyl (C=O) groups excluding carboxylic acids is 3. The van der Waals surface area contributed by atoms with E-state index in [0.29, 0.717) is 0 Å². The molecule has 9 nitrogen and oxygen atoms in total. The normalized spacial score (nSPS) is 23.5. The maximum absolute atomic E-state index is 12.1. The number of amides is 1. The third-order valence-corrected chi connectivity index (χ3v) is 3.48. The van der Waals surface area contributed by atoms with Crippen molar-refractivity contribution in [1.29, 1.82) is 0 Å². The minimum atomic E-state index is -1.57. The van der Waals surface area contributed by atoms with Crippen molar-refractivity contribution >= 4 is 23.6 Å². The molecule has 0 spiro atoms. The molecule has 1 aliphatic heterocycles. The number of aromatic nitrogens is 1. The third-order valence-electron chi connectivity index (χ3n) is 3.48. The number of nitrogens with one attached hydrogen (secondary N) is 1. The molecule has 9 heteroatoms. The van der Waals surface area contributed by atoms with Crippen LogP contribution in [0, 0.1) is 0 Å². The summed E-state index contributed by atoms with van der Waals surface area (Å²) in [4.78, 5) is 43.9. The average molecular weight is 337 g/mol. The lowest BCUT2D eigenvalue weighted by Crippen LogP contribution is -2.64. The largest absolute Gasteiger partial charge is 0.550 e. The molecule has 2 rings (SSSR count). The van der Waals surface area contributed by atoms with Crippen molar-refractivity contribution in [2.24, 2.45) is 5.73 Å². The van der Waals surface area contributed by atoms with Crippen LogP contribution in [-0.2, 0) is 19.2 Å². The van der Waals surface area contributed by atoms with Gasteiger partial charge >= 0.3 is 5.97 Å². The number of nitrogens with zero attached hydrogens (tertiary/aromatic N) is 1. The first kappa shape index (κ1) is 19.2. The topological polar surface area (TPSA) is 154 Å². The smallest absolute Gasteiger partial charge is 0.326 e. The molecule has 1 amide bonds. The van der Waals surface area contributed by atoms with Crippen molar-refractivity contribution in [1.82, 2.24) is 5.32 Å². The first-order chi connectivity index (χ1) is 11.1. The number of nitrogens with two attached hydrogens (primary N) is 1. The number of pyridine rings is 1. The SMILES string of the molecule is CC(=O)C([n+]1ccccc1)C1(N)CC(C(=O)O)NC1=O.CC(=O)[O-]. The van der Waals surface area contributed by atoms with Crippen molar-refractivity contribution in [3.05, 3.63) is 30.6 Å². The van der Waals surface area contributed by atoms with Gasteiger partial charge in [0.2, 0.25) is 11.9 Å². The minimum absolute atomic E-state index is 0.132. The van der Waals surface area contributed by atoms with E-state index in [4.69, 9.17) is 20.7 Å². The maximum atomic E-state index is 12.1. The fourth-order valence-corrected chi connectivity index (χ4v) is 2.58. The molecule has 24 heavy (non-hydrogen) atoms. The van der Waals surface area contributed by atoms with E-state index >= 15 is 0 Å². The molecule has 3 unspecified atom stereocenters. The third kappa shape index (κ3) is 4.35. The van der Waals surface area contributed by atoms with Crippen LogP contribution in [0.2, 0.25) is 0 Å². The van der Waals surface area contributed by atoms with Crippen molar-refractivity contribution in [2.75, 3.05) is 0 Å². The maximum Gasteiger partial charge on any atom is 0.326 e. The van der Waals surface area contributed by atoms with Crippen LogP contribution in [0.25, 0.3) is 0 Å². The molecule has 2 heterocycles. The van der Waals surface area contributed by atoms with Gasteiger partial charge < -0.3 is 26.1 Å². The molecule has 1 saturated heterocycles. The predicted molar refractivity (Wildman–Crippen MR) is 78.1 cm³/mol. The second kappa shape index (κ2) is 7.64. The molecule has 1 fully saturated rings. The number of rotatable bonds is 4. The first-order valence-corrected chi connectivity index (χ1v) is 7.06. The van der Waals surface area contributed by atoms with E-state index in [9.17, 15) is 14.4 Å². The zero-order valence-corrected chi connectivity index (χ0v) is 13.3. The summed E-state index contributed by atoms with van der Waals surface area (Å²) in [7, 11) is 0. The minimum Gasteiger partial charge on any atom is -0.550 e. The molecular formula is C15H19N3O6. The lowest BCUT2D eigenvalue weighted by molar-refractivity contribution is -0.714. The quantitative estimate of drug-likeness (QED) is 0.514. The summed E-state index contributed by atoms with van der Waals surface area (Å²) in [6, 6.07) is 3.18. The van der Waals surface area contributed by atoms with Crippen molar-refractivity contribution in [2.45, 2.75) is 37.9 Å². The van der Waals surface area contributed by atoms with Gasteiger partial charge in [-0.3, -0.25) is 9.59 Å². The Kier molecular flexibility index (Phi) is 6.13. The number of hydrogen-bond acceptors (Lipinski definition) is 6. The lowest BCUT2D eigenvalue weighted by atomic mass is 9.85. The molecule has 1 aliphatic rings. The Morgan fingerprint density at radius 3 is 2.21 bits per heavy atom. The standard InChI is InChI=1S/C13H15N3O4.C2H4O2/c1-8(17)10(16-5-3-2-4-6-16)13(14)7-9(11(18)19)15-12(13)20;1-2(3)4/h2-6,9-10H,7,14H2,1H3,(H-,15,18,19,20);1H3,(H,3,4). The Hall–Kier alpha value is -2.81. The predicted octanol–water partition coefficient (Wildman–Crippen LogP) is -2.47. The second-order valence-electron chi connectivity index (χ2n) is 5.44. The molecule has 1 aromatic heterocycles. The van der Waals surface area contributed by atoms with Gasteiger partial charge in [0, 0.05) is 31.4 Å². The Labute approximate surface area is 138 Å². The first-order valence-electron chi connectivity index (χ1n) is 7.06. The van der Waals surface area contributed by atoms with Gasteiger partial charge in [0.05, 0.1) is 0 Å². The molecule has 0 aromatic carbocycles. The summed E-state index contributed by atoms with van der Waals surface area (Å²) in [6.45, 7) is 2.31. The average Bonchev–Trinajstić information content (AvgIpc) is 2.76. The van der Waals surface area contributed by atoms with Crippen LogP contribution in [0.4, 0.5) is 0 Å². The number of hydrogen-bond donors (Lipinski definition) is 3. The molecule has 4 N–H and O–H groups in total. The van der Waals surface area contributed by atoms with Crippen molar-refractivity contribution < 1.29 is 34.0 Å². The fraction of sp³-hybridized carbons (Fsp3) is 0.400. The number of carbonyl (C=O) groups is 4. The van der Waals surface area contributed by atoms with Crippen molar-refractivity contribution in [3.63, 3.8) is 0 Å². The molecule has 1 aromatic rings. The van der Waals surface area contributed by atoms with Crippen LogP contribution >= 0.6 is 0 Å². The zero-order chi connectivity index (χ0) is 18.5.